The number of aromatic nitrogens is 1. The third kappa shape index (κ3) is 4.44. The Kier molecular flexibility index (Phi) is 6.56. The Morgan fingerprint density at radius 3 is 2.55 bits per heavy atom. The number of benzene rings is 2. The average Bonchev–Trinajstić information content (AvgIpc) is 2.99. The normalized spacial score (nSPS) is 10.9. The standard InChI is InChI=1S/C22H24ClN3O3/c1-14-18(13-21(27)25-11-3-10-24)19-12-17(29-2)8-9-20(19)26(14)22(28)15-4-6-16(23)7-5-15/h4-9,12H,3,10-11,13,24H2,1-2H3,(H,25,27). The molecule has 3 rings (SSSR count). The minimum atomic E-state index is -0.177. The molecule has 0 aliphatic rings. The first-order valence-corrected chi connectivity index (χ1v) is 9.79. The van der Waals surface area contributed by atoms with Crippen LogP contribution in [-0.4, -0.2) is 36.6 Å². The summed E-state index contributed by atoms with van der Waals surface area (Å²) in [6, 6.07) is 12.3. The van der Waals surface area contributed by atoms with E-state index in [-0.39, 0.29) is 18.2 Å². The number of nitrogens with zero attached hydrogens (tertiary/aromatic N) is 1. The predicted molar refractivity (Wildman–Crippen MR) is 115 cm³/mol. The Labute approximate surface area is 174 Å². The van der Waals surface area contributed by atoms with E-state index < -0.39 is 0 Å². The molecule has 0 saturated carbocycles. The van der Waals surface area contributed by atoms with Crippen molar-refractivity contribution in [3.8, 4) is 5.75 Å². The van der Waals surface area contributed by atoms with Gasteiger partial charge in [0.05, 0.1) is 19.0 Å². The van der Waals surface area contributed by atoms with Crippen LogP contribution in [0, 0.1) is 6.92 Å². The van der Waals surface area contributed by atoms with Crippen LogP contribution in [0.5, 0.6) is 5.75 Å². The molecule has 2 aromatic carbocycles. The van der Waals surface area contributed by atoms with E-state index in [1.165, 1.54) is 0 Å². The molecule has 0 saturated heterocycles. The fourth-order valence-electron chi connectivity index (χ4n) is 3.35. The number of nitrogens with two attached hydrogens (primary N) is 1. The summed E-state index contributed by atoms with van der Waals surface area (Å²) in [5.74, 6) is 0.380. The van der Waals surface area contributed by atoms with Crippen LogP contribution in [-0.2, 0) is 11.2 Å². The number of ether oxygens (including phenoxy) is 1. The van der Waals surface area contributed by atoms with Crippen LogP contribution in [0.1, 0.15) is 28.0 Å². The molecule has 0 radical (unpaired) electrons. The first-order valence-electron chi connectivity index (χ1n) is 9.41. The van der Waals surface area contributed by atoms with Gasteiger partial charge in [-0.2, -0.15) is 0 Å². The molecule has 152 valence electrons. The van der Waals surface area contributed by atoms with Crippen LogP contribution in [0.4, 0.5) is 0 Å². The van der Waals surface area contributed by atoms with Gasteiger partial charge in [-0.3, -0.25) is 14.2 Å². The topological polar surface area (TPSA) is 86.3 Å². The second-order valence-corrected chi connectivity index (χ2v) is 7.20. The molecule has 0 aliphatic heterocycles. The number of carbonyl (C=O) groups excluding carboxylic acids is 2. The zero-order valence-corrected chi connectivity index (χ0v) is 17.3. The van der Waals surface area contributed by atoms with Crippen molar-refractivity contribution >= 4 is 34.3 Å². The predicted octanol–water partition coefficient (Wildman–Crippen LogP) is 3.31. The maximum absolute atomic E-state index is 13.2. The number of halogens is 1. The smallest absolute Gasteiger partial charge is 0.262 e. The first kappa shape index (κ1) is 20.9. The lowest BCUT2D eigenvalue weighted by molar-refractivity contribution is -0.120. The quantitative estimate of drug-likeness (QED) is 0.582. The molecule has 7 heteroatoms. The highest BCUT2D eigenvalue weighted by Crippen LogP contribution is 2.30. The van der Waals surface area contributed by atoms with Gasteiger partial charge < -0.3 is 15.8 Å². The fourth-order valence-corrected chi connectivity index (χ4v) is 3.47. The van der Waals surface area contributed by atoms with E-state index >= 15 is 0 Å². The van der Waals surface area contributed by atoms with Crippen LogP contribution in [0.2, 0.25) is 5.02 Å². The minimum absolute atomic E-state index is 0.109. The monoisotopic (exact) mass is 413 g/mol. The Balaban J connectivity index is 2.06. The molecule has 1 heterocycles. The van der Waals surface area contributed by atoms with Gasteiger partial charge in [0.2, 0.25) is 5.91 Å². The largest absolute Gasteiger partial charge is 0.497 e. The van der Waals surface area contributed by atoms with E-state index in [2.05, 4.69) is 5.32 Å². The van der Waals surface area contributed by atoms with Crippen LogP contribution < -0.4 is 15.8 Å². The third-order valence-corrected chi connectivity index (χ3v) is 5.13. The Bertz CT molecular complexity index is 1040. The zero-order chi connectivity index (χ0) is 21.0. The summed E-state index contributed by atoms with van der Waals surface area (Å²) in [5, 5.41) is 4.25. The summed E-state index contributed by atoms with van der Waals surface area (Å²) in [4.78, 5) is 25.7. The first-order chi connectivity index (χ1) is 14.0. The van der Waals surface area contributed by atoms with Crippen molar-refractivity contribution in [1.29, 1.82) is 0 Å². The number of nitrogens with one attached hydrogen (secondary N) is 1. The number of rotatable bonds is 7. The Morgan fingerprint density at radius 1 is 1.17 bits per heavy atom. The summed E-state index contributed by atoms with van der Waals surface area (Å²) in [6.45, 7) is 2.90. The molecule has 0 spiro atoms. The molecule has 0 aliphatic carbocycles. The maximum atomic E-state index is 13.2. The minimum Gasteiger partial charge on any atom is -0.497 e. The van der Waals surface area contributed by atoms with E-state index in [0.717, 1.165) is 28.6 Å². The van der Waals surface area contributed by atoms with Gasteiger partial charge in [-0.1, -0.05) is 11.6 Å². The van der Waals surface area contributed by atoms with E-state index in [0.29, 0.717) is 29.4 Å². The summed E-state index contributed by atoms with van der Waals surface area (Å²) >= 11 is 5.95. The second kappa shape index (κ2) is 9.11. The highest BCUT2D eigenvalue weighted by Gasteiger charge is 2.22. The maximum Gasteiger partial charge on any atom is 0.262 e. The van der Waals surface area contributed by atoms with Crippen molar-refractivity contribution in [2.75, 3.05) is 20.2 Å². The number of carbonyl (C=O) groups is 2. The Morgan fingerprint density at radius 2 is 1.90 bits per heavy atom. The van der Waals surface area contributed by atoms with Crippen molar-refractivity contribution in [1.82, 2.24) is 9.88 Å². The summed E-state index contributed by atoms with van der Waals surface area (Å²) in [5.41, 5.74) is 8.25. The highest BCUT2D eigenvalue weighted by molar-refractivity contribution is 6.30. The fraction of sp³-hybridized carbons (Fsp3) is 0.273. The SMILES string of the molecule is COc1ccc2c(c1)c(CC(=O)NCCCN)c(C)n2C(=O)c1ccc(Cl)cc1. The average molecular weight is 414 g/mol. The van der Waals surface area contributed by atoms with Gasteiger partial charge in [-0.15, -0.1) is 0 Å². The van der Waals surface area contributed by atoms with Crippen molar-refractivity contribution in [2.45, 2.75) is 19.8 Å². The molecule has 1 amide bonds. The molecule has 3 N–H and O–H groups in total. The lowest BCUT2D eigenvalue weighted by Gasteiger charge is -2.08. The summed E-state index contributed by atoms with van der Waals surface area (Å²) in [6.07, 6.45) is 0.885. The van der Waals surface area contributed by atoms with E-state index in [1.807, 2.05) is 19.1 Å². The lowest BCUT2D eigenvalue weighted by atomic mass is 10.1. The molecular weight excluding hydrogens is 390 g/mol. The number of amides is 1. The number of hydrogen-bond donors (Lipinski definition) is 2. The zero-order valence-electron chi connectivity index (χ0n) is 16.5. The third-order valence-electron chi connectivity index (χ3n) is 4.88. The van der Waals surface area contributed by atoms with E-state index in [4.69, 9.17) is 22.1 Å². The van der Waals surface area contributed by atoms with Crippen LogP contribution in [0.25, 0.3) is 10.9 Å². The summed E-state index contributed by atoms with van der Waals surface area (Å²) in [7, 11) is 1.59. The highest BCUT2D eigenvalue weighted by atomic mass is 35.5. The van der Waals surface area contributed by atoms with Crippen LogP contribution >= 0.6 is 11.6 Å². The molecule has 3 aromatic rings. The van der Waals surface area contributed by atoms with Gasteiger partial charge in [0, 0.05) is 28.2 Å². The van der Waals surface area contributed by atoms with Gasteiger partial charge in [0.1, 0.15) is 5.75 Å². The van der Waals surface area contributed by atoms with Gasteiger partial charge in [0.25, 0.3) is 5.91 Å². The van der Waals surface area contributed by atoms with Crippen LogP contribution in [0.3, 0.4) is 0 Å². The van der Waals surface area contributed by atoms with Gasteiger partial charge >= 0.3 is 0 Å². The number of fused-ring (bicyclic) bond motifs is 1. The van der Waals surface area contributed by atoms with E-state index in [1.54, 1.807) is 42.0 Å². The molecule has 0 fully saturated rings. The molecule has 1 aromatic heterocycles. The molecular formula is C22H24ClN3O3. The van der Waals surface area contributed by atoms with Crippen LogP contribution in [0.15, 0.2) is 42.5 Å². The molecule has 0 bridgehead atoms. The summed E-state index contributed by atoms with van der Waals surface area (Å²) < 4.78 is 6.99. The van der Waals surface area contributed by atoms with Gasteiger partial charge in [0.15, 0.2) is 0 Å². The van der Waals surface area contributed by atoms with Gasteiger partial charge in [-0.25, -0.2) is 0 Å². The van der Waals surface area contributed by atoms with E-state index in [9.17, 15) is 9.59 Å². The Hall–Kier alpha value is -2.83. The van der Waals surface area contributed by atoms with Crippen molar-refractivity contribution in [2.24, 2.45) is 5.73 Å². The second-order valence-electron chi connectivity index (χ2n) is 6.76. The molecule has 0 atom stereocenters. The van der Waals surface area contributed by atoms with Crippen molar-refractivity contribution in [3.05, 3.63) is 64.3 Å². The molecule has 6 nitrogen and oxygen atoms in total. The van der Waals surface area contributed by atoms with Crippen molar-refractivity contribution in [3.63, 3.8) is 0 Å². The number of hydrogen-bond acceptors (Lipinski definition) is 4. The number of methoxy groups -OCH3 is 1. The molecule has 29 heavy (non-hydrogen) atoms. The molecule has 0 unspecified atom stereocenters. The van der Waals surface area contributed by atoms with Gasteiger partial charge in [-0.05, 0) is 67.9 Å². The van der Waals surface area contributed by atoms with Crippen molar-refractivity contribution < 1.29 is 14.3 Å². The lowest BCUT2D eigenvalue weighted by Crippen LogP contribution is -2.27.